The molecule has 6 heteroatoms. The fraction of sp³-hybridized carbons (Fsp3) is 0.500. The van der Waals surface area contributed by atoms with E-state index in [9.17, 15) is 18.0 Å². The Hall–Kier alpha value is -0.650. The highest BCUT2D eigenvalue weighted by atomic mass is 32.2. The van der Waals surface area contributed by atoms with Crippen molar-refractivity contribution in [1.82, 2.24) is 5.32 Å². The van der Waals surface area contributed by atoms with Crippen LogP contribution in [0.25, 0.3) is 0 Å². The molecule has 1 rings (SSSR count). The lowest BCUT2D eigenvalue weighted by Gasteiger charge is -2.11. The van der Waals surface area contributed by atoms with Crippen LogP contribution in [0.15, 0.2) is 12.2 Å². The van der Waals surface area contributed by atoms with Crippen molar-refractivity contribution >= 4 is 17.7 Å². The molecule has 1 unspecified atom stereocenters. The van der Waals surface area contributed by atoms with Gasteiger partial charge in [-0.05, 0) is 0 Å². The van der Waals surface area contributed by atoms with E-state index >= 15 is 0 Å². The van der Waals surface area contributed by atoms with Crippen molar-refractivity contribution in [1.29, 1.82) is 0 Å². The highest BCUT2D eigenvalue weighted by Crippen LogP contribution is 2.20. The summed E-state index contributed by atoms with van der Waals surface area (Å²) in [4.78, 5) is 10.3. The molecule has 0 spiro atoms. The summed E-state index contributed by atoms with van der Waals surface area (Å²) in [6.45, 7) is 0. The maximum absolute atomic E-state index is 11.7. The number of halogens is 3. The van der Waals surface area contributed by atoms with E-state index in [1.807, 2.05) is 5.32 Å². The highest BCUT2D eigenvalue weighted by Gasteiger charge is 2.39. The molecular formula is C6H6F3NOS. The summed E-state index contributed by atoms with van der Waals surface area (Å²) in [6.07, 6.45) is -1.53. The molecule has 1 atom stereocenters. The average molecular weight is 197 g/mol. The summed E-state index contributed by atoms with van der Waals surface area (Å²) in [5.41, 5.74) is 0. The van der Waals surface area contributed by atoms with Crippen molar-refractivity contribution < 1.29 is 18.0 Å². The quantitative estimate of drug-likeness (QED) is 0.642. The zero-order valence-corrected chi connectivity index (χ0v) is 6.71. The van der Waals surface area contributed by atoms with Crippen molar-refractivity contribution in [3.05, 3.63) is 12.2 Å². The largest absolute Gasteiger partial charge is 0.471 e. The Balaban J connectivity index is 2.41. The SMILES string of the molecule is O=C(NC1C=CCS1)C(F)(F)F. The van der Waals surface area contributed by atoms with E-state index in [4.69, 9.17) is 0 Å². The minimum atomic E-state index is -4.78. The standard InChI is InChI=1S/C6H6F3NOS/c7-6(8,9)5(11)10-4-2-1-3-12-4/h1-2,4H,3H2,(H,10,11). The van der Waals surface area contributed by atoms with Gasteiger partial charge in [0.2, 0.25) is 0 Å². The topological polar surface area (TPSA) is 29.1 Å². The van der Waals surface area contributed by atoms with Gasteiger partial charge in [0.25, 0.3) is 0 Å². The molecule has 1 amide bonds. The summed E-state index contributed by atoms with van der Waals surface area (Å²) in [5, 5.41) is 1.30. The number of alkyl halides is 3. The van der Waals surface area contributed by atoms with E-state index in [2.05, 4.69) is 0 Å². The predicted molar refractivity (Wildman–Crippen MR) is 39.6 cm³/mol. The van der Waals surface area contributed by atoms with Crippen molar-refractivity contribution in [2.24, 2.45) is 0 Å². The molecule has 0 aromatic rings. The van der Waals surface area contributed by atoms with E-state index < -0.39 is 17.5 Å². The first kappa shape index (κ1) is 9.44. The third-order valence-electron chi connectivity index (χ3n) is 1.21. The smallest absolute Gasteiger partial charge is 0.333 e. The Morgan fingerprint density at radius 3 is 2.67 bits per heavy atom. The van der Waals surface area contributed by atoms with E-state index in [0.717, 1.165) is 0 Å². The molecule has 0 aliphatic carbocycles. The average Bonchev–Trinajstić information content (AvgIpc) is 2.37. The normalized spacial score (nSPS) is 22.8. The molecule has 1 aliphatic heterocycles. The van der Waals surface area contributed by atoms with Crippen LogP contribution in [0.3, 0.4) is 0 Å². The van der Waals surface area contributed by atoms with Crippen molar-refractivity contribution in [3.8, 4) is 0 Å². The molecule has 2 nitrogen and oxygen atoms in total. The Morgan fingerprint density at radius 1 is 1.58 bits per heavy atom. The first-order valence-corrected chi connectivity index (χ1v) is 4.21. The van der Waals surface area contributed by atoms with E-state index in [0.29, 0.717) is 5.75 Å². The number of amides is 1. The number of carbonyl (C=O) groups is 1. The van der Waals surface area contributed by atoms with Crippen LogP contribution in [0.2, 0.25) is 0 Å². The fourth-order valence-electron chi connectivity index (χ4n) is 0.695. The summed E-state index contributed by atoms with van der Waals surface area (Å²) in [6, 6.07) is 0. The molecule has 0 radical (unpaired) electrons. The van der Waals surface area contributed by atoms with Crippen molar-refractivity contribution in [2.75, 3.05) is 5.75 Å². The minimum Gasteiger partial charge on any atom is -0.333 e. The number of rotatable bonds is 1. The molecule has 0 fully saturated rings. The number of nitrogens with one attached hydrogen (secondary N) is 1. The fourth-order valence-corrected chi connectivity index (χ4v) is 1.54. The van der Waals surface area contributed by atoms with Crippen molar-refractivity contribution in [2.45, 2.75) is 11.6 Å². The van der Waals surface area contributed by atoms with E-state index in [1.165, 1.54) is 17.8 Å². The van der Waals surface area contributed by atoms with E-state index in [-0.39, 0.29) is 0 Å². The zero-order chi connectivity index (χ0) is 9.19. The van der Waals surface area contributed by atoms with Gasteiger partial charge < -0.3 is 5.32 Å². The van der Waals surface area contributed by atoms with Crippen molar-refractivity contribution in [3.63, 3.8) is 0 Å². The second-order valence-electron chi connectivity index (χ2n) is 2.15. The summed E-state index contributed by atoms with van der Waals surface area (Å²) in [7, 11) is 0. The zero-order valence-electron chi connectivity index (χ0n) is 5.89. The minimum absolute atomic E-state index is 0.529. The summed E-state index contributed by atoms with van der Waals surface area (Å²) >= 11 is 1.24. The van der Waals surface area contributed by atoms with Gasteiger partial charge in [0, 0.05) is 5.75 Å². The van der Waals surface area contributed by atoms with Crippen LogP contribution in [-0.2, 0) is 4.79 Å². The lowest BCUT2D eigenvalue weighted by molar-refractivity contribution is -0.173. The second-order valence-corrected chi connectivity index (χ2v) is 3.33. The Labute approximate surface area is 71.2 Å². The Morgan fingerprint density at radius 2 is 2.25 bits per heavy atom. The van der Waals surface area contributed by atoms with Crippen LogP contribution in [-0.4, -0.2) is 23.2 Å². The first-order chi connectivity index (χ1) is 5.50. The predicted octanol–water partition coefficient (Wildman–Crippen LogP) is 1.29. The van der Waals surface area contributed by atoms with Gasteiger partial charge in [-0.1, -0.05) is 12.2 Å². The monoisotopic (exact) mass is 197 g/mol. The maximum atomic E-state index is 11.7. The van der Waals surface area contributed by atoms with Crippen LogP contribution in [0.5, 0.6) is 0 Å². The first-order valence-electron chi connectivity index (χ1n) is 3.16. The van der Waals surface area contributed by atoms with E-state index in [1.54, 1.807) is 6.08 Å². The van der Waals surface area contributed by atoms with Crippen LogP contribution in [0.1, 0.15) is 0 Å². The number of carbonyl (C=O) groups excluding carboxylic acids is 1. The molecule has 1 heterocycles. The van der Waals surface area contributed by atoms with Gasteiger partial charge in [-0.3, -0.25) is 4.79 Å². The molecule has 1 N–H and O–H groups in total. The van der Waals surface area contributed by atoms with Crippen LogP contribution in [0.4, 0.5) is 13.2 Å². The molecule has 0 saturated heterocycles. The van der Waals surface area contributed by atoms with Gasteiger partial charge in [-0.15, -0.1) is 11.8 Å². The molecular weight excluding hydrogens is 191 g/mol. The lowest BCUT2D eigenvalue weighted by Crippen LogP contribution is -2.40. The van der Waals surface area contributed by atoms with Gasteiger partial charge in [0.15, 0.2) is 0 Å². The third kappa shape index (κ3) is 2.44. The van der Waals surface area contributed by atoms with Gasteiger partial charge >= 0.3 is 12.1 Å². The molecule has 12 heavy (non-hydrogen) atoms. The molecule has 0 aromatic carbocycles. The van der Waals surface area contributed by atoms with Gasteiger partial charge in [0.1, 0.15) is 0 Å². The second kappa shape index (κ2) is 3.38. The molecule has 0 aromatic heterocycles. The molecule has 0 saturated carbocycles. The number of thioether (sulfide) groups is 1. The molecule has 1 aliphatic rings. The summed E-state index contributed by atoms with van der Waals surface area (Å²) < 4.78 is 35.0. The maximum Gasteiger partial charge on any atom is 0.471 e. The number of hydrogen-bond donors (Lipinski definition) is 1. The van der Waals surface area contributed by atoms with Crippen LogP contribution >= 0.6 is 11.8 Å². The Kier molecular flexibility index (Phi) is 2.66. The van der Waals surface area contributed by atoms with Crippen LogP contribution < -0.4 is 5.32 Å². The van der Waals surface area contributed by atoms with Gasteiger partial charge in [0.05, 0.1) is 5.37 Å². The lowest BCUT2D eigenvalue weighted by atomic mass is 10.5. The highest BCUT2D eigenvalue weighted by molar-refractivity contribution is 8.00. The molecule has 68 valence electrons. The number of hydrogen-bond acceptors (Lipinski definition) is 2. The molecule has 0 bridgehead atoms. The van der Waals surface area contributed by atoms with Gasteiger partial charge in [-0.25, -0.2) is 0 Å². The summed E-state index contributed by atoms with van der Waals surface area (Å²) in [5.74, 6) is -1.24. The van der Waals surface area contributed by atoms with Gasteiger partial charge in [-0.2, -0.15) is 13.2 Å². The third-order valence-corrected chi connectivity index (χ3v) is 2.23. The van der Waals surface area contributed by atoms with Crippen LogP contribution in [0, 0.1) is 0 Å². The Bertz CT molecular complexity index is 213.